The first-order chi connectivity index (χ1) is 15.1. The molecule has 3 rings (SSSR count). The minimum Gasteiger partial charge on any atom is -0.493 e. The predicted molar refractivity (Wildman–Crippen MR) is 129 cm³/mol. The molecule has 0 spiro atoms. The van der Waals surface area contributed by atoms with Crippen LogP contribution in [0.25, 0.3) is 0 Å². The first-order valence-electron chi connectivity index (χ1n) is 10.8. The van der Waals surface area contributed by atoms with Crippen molar-refractivity contribution in [3.05, 3.63) is 63.6 Å². The van der Waals surface area contributed by atoms with E-state index < -0.39 is 0 Å². The second-order valence-electron chi connectivity index (χ2n) is 7.80. The first-order valence-corrected chi connectivity index (χ1v) is 11.6. The van der Waals surface area contributed by atoms with E-state index in [1.54, 1.807) is 12.7 Å². The smallest absolute Gasteiger partial charge is 0.262 e. The van der Waals surface area contributed by atoms with Crippen molar-refractivity contribution in [2.24, 2.45) is 0 Å². The number of methoxy groups -OCH3 is 1. The van der Waals surface area contributed by atoms with Crippen LogP contribution in [0.5, 0.6) is 11.5 Å². The molecule has 0 heterocycles. The zero-order valence-corrected chi connectivity index (χ0v) is 19.9. The molecule has 0 aromatic heterocycles. The lowest BCUT2D eigenvalue weighted by atomic mass is 9.97. The number of ether oxygens (including phenoxy) is 2. The highest BCUT2D eigenvalue weighted by Crippen LogP contribution is 2.36. The van der Waals surface area contributed by atoms with Crippen molar-refractivity contribution in [1.82, 2.24) is 5.32 Å². The van der Waals surface area contributed by atoms with Gasteiger partial charge in [-0.05, 0) is 69.8 Å². The third-order valence-corrected chi connectivity index (χ3v) is 6.12. The molecule has 0 saturated carbocycles. The molecular formula is C25H31BrN2O3. The van der Waals surface area contributed by atoms with Crippen molar-refractivity contribution in [2.75, 3.05) is 25.6 Å². The number of aryl methyl sites for hydroxylation is 1. The Morgan fingerprint density at radius 2 is 1.94 bits per heavy atom. The van der Waals surface area contributed by atoms with Gasteiger partial charge in [0.2, 0.25) is 0 Å². The lowest BCUT2D eigenvalue weighted by Crippen LogP contribution is -2.22. The Bertz CT molecular complexity index is 910. The maximum absolute atomic E-state index is 12.4. The second-order valence-corrected chi connectivity index (χ2v) is 8.65. The third kappa shape index (κ3) is 7.11. The zero-order valence-electron chi connectivity index (χ0n) is 18.3. The summed E-state index contributed by atoms with van der Waals surface area (Å²) in [6.45, 7) is 3.44. The fraction of sp³-hybridized carbons (Fsp3) is 0.400. The summed E-state index contributed by atoms with van der Waals surface area (Å²) in [4.78, 5) is 12.4. The van der Waals surface area contributed by atoms with Crippen LogP contribution in [0.15, 0.2) is 52.5 Å². The van der Waals surface area contributed by atoms with Crippen LogP contribution < -0.4 is 20.1 Å². The topological polar surface area (TPSA) is 59.6 Å². The predicted octanol–water partition coefficient (Wildman–Crippen LogP) is 5.76. The number of rotatable bonds is 10. The van der Waals surface area contributed by atoms with Gasteiger partial charge in [-0.15, -0.1) is 0 Å². The Morgan fingerprint density at radius 1 is 1.13 bits per heavy atom. The Morgan fingerprint density at radius 3 is 2.65 bits per heavy atom. The molecule has 0 atom stereocenters. The van der Waals surface area contributed by atoms with Crippen LogP contribution >= 0.6 is 15.9 Å². The van der Waals surface area contributed by atoms with Crippen LogP contribution in [0.4, 0.5) is 5.69 Å². The molecule has 2 aromatic carbocycles. The number of carbonyl (C=O) groups excluding carboxylic acids is 1. The van der Waals surface area contributed by atoms with Gasteiger partial charge in [0.25, 0.3) is 5.91 Å². The van der Waals surface area contributed by atoms with E-state index in [9.17, 15) is 4.79 Å². The van der Waals surface area contributed by atoms with E-state index in [-0.39, 0.29) is 12.5 Å². The standard InChI is InChI=1S/C25H31BrN2O3/c1-18-8-10-20(11-9-18)28-24(29)17-31-25-21(22(26)12-13-23(25)30-2)16-27-15-14-19-6-4-3-5-7-19/h6,8-13,27H,3-5,7,14-17H2,1-2H3,(H,28,29). The molecule has 0 aliphatic heterocycles. The molecule has 0 bridgehead atoms. The molecule has 0 fully saturated rings. The summed E-state index contributed by atoms with van der Waals surface area (Å²) in [5, 5.41) is 6.37. The van der Waals surface area contributed by atoms with Gasteiger partial charge in [-0.25, -0.2) is 0 Å². The molecule has 1 aliphatic rings. The molecule has 31 heavy (non-hydrogen) atoms. The number of anilines is 1. The van der Waals surface area contributed by atoms with E-state index in [2.05, 4.69) is 32.6 Å². The largest absolute Gasteiger partial charge is 0.493 e. The number of hydrogen-bond acceptors (Lipinski definition) is 4. The zero-order chi connectivity index (χ0) is 22.1. The first kappa shape index (κ1) is 23.4. The summed E-state index contributed by atoms with van der Waals surface area (Å²) in [6, 6.07) is 11.5. The Balaban J connectivity index is 1.59. The molecular weight excluding hydrogens is 456 g/mol. The van der Waals surface area contributed by atoms with Gasteiger partial charge in [-0.2, -0.15) is 0 Å². The quantitative estimate of drug-likeness (QED) is 0.330. The van der Waals surface area contributed by atoms with Gasteiger partial charge in [0, 0.05) is 22.3 Å². The summed E-state index contributed by atoms with van der Waals surface area (Å²) in [5.74, 6) is 0.979. The summed E-state index contributed by atoms with van der Waals surface area (Å²) < 4.78 is 12.3. The summed E-state index contributed by atoms with van der Waals surface area (Å²) in [5.41, 5.74) is 4.39. The van der Waals surface area contributed by atoms with Crippen LogP contribution in [0.3, 0.4) is 0 Å². The summed E-state index contributed by atoms with van der Waals surface area (Å²) in [7, 11) is 1.61. The fourth-order valence-corrected chi connectivity index (χ4v) is 4.08. The molecule has 0 radical (unpaired) electrons. The molecule has 1 amide bonds. The second kappa shape index (κ2) is 11.9. The van der Waals surface area contributed by atoms with E-state index in [1.165, 1.54) is 25.7 Å². The Hall–Kier alpha value is -2.31. The highest BCUT2D eigenvalue weighted by Gasteiger charge is 2.16. The maximum atomic E-state index is 12.4. The van der Waals surface area contributed by atoms with E-state index in [0.717, 1.165) is 34.3 Å². The molecule has 2 N–H and O–H groups in total. The minimum absolute atomic E-state index is 0.0967. The number of nitrogens with one attached hydrogen (secondary N) is 2. The van der Waals surface area contributed by atoms with Crippen molar-refractivity contribution >= 4 is 27.5 Å². The van der Waals surface area contributed by atoms with E-state index >= 15 is 0 Å². The van der Waals surface area contributed by atoms with Crippen molar-refractivity contribution < 1.29 is 14.3 Å². The van der Waals surface area contributed by atoms with Gasteiger partial charge in [-0.3, -0.25) is 4.79 Å². The molecule has 6 heteroatoms. The van der Waals surface area contributed by atoms with Crippen molar-refractivity contribution in [2.45, 2.75) is 45.6 Å². The molecule has 0 unspecified atom stereocenters. The van der Waals surface area contributed by atoms with Gasteiger partial charge in [0.15, 0.2) is 18.1 Å². The van der Waals surface area contributed by atoms with Crippen LogP contribution in [-0.4, -0.2) is 26.2 Å². The monoisotopic (exact) mass is 486 g/mol. The van der Waals surface area contributed by atoms with Gasteiger partial charge < -0.3 is 20.1 Å². The number of allylic oxidation sites excluding steroid dienone is 1. The Labute approximate surface area is 193 Å². The van der Waals surface area contributed by atoms with E-state index in [4.69, 9.17) is 9.47 Å². The lowest BCUT2D eigenvalue weighted by Gasteiger charge is -2.18. The van der Waals surface area contributed by atoms with Crippen LogP contribution in [0.2, 0.25) is 0 Å². The van der Waals surface area contributed by atoms with Crippen molar-refractivity contribution in [3.63, 3.8) is 0 Å². The maximum Gasteiger partial charge on any atom is 0.262 e. The van der Waals surface area contributed by atoms with Gasteiger partial charge in [-0.1, -0.05) is 45.3 Å². The van der Waals surface area contributed by atoms with Gasteiger partial charge >= 0.3 is 0 Å². The highest BCUT2D eigenvalue weighted by molar-refractivity contribution is 9.10. The SMILES string of the molecule is COc1ccc(Br)c(CNCCC2=CCCCC2)c1OCC(=O)Nc1ccc(C)cc1. The third-order valence-electron chi connectivity index (χ3n) is 5.38. The minimum atomic E-state index is -0.214. The molecule has 5 nitrogen and oxygen atoms in total. The highest BCUT2D eigenvalue weighted by atomic mass is 79.9. The average molecular weight is 487 g/mol. The molecule has 166 valence electrons. The number of amides is 1. The van der Waals surface area contributed by atoms with Gasteiger partial charge in [0.1, 0.15) is 0 Å². The lowest BCUT2D eigenvalue weighted by molar-refractivity contribution is -0.118. The van der Waals surface area contributed by atoms with Gasteiger partial charge in [0.05, 0.1) is 7.11 Å². The number of benzene rings is 2. The van der Waals surface area contributed by atoms with Crippen LogP contribution in [-0.2, 0) is 11.3 Å². The number of hydrogen-bond donors (Lipinski definition) is 2. The summed E-state index contributed by atoms with van der Waals surface area (Å²) in [6.07, 6.45) is 8.49. The number of carbonyl (C=O) groups is 1. The van der Waals surface area contributed by atoms with Crippen LogP contribution in [0, 0.1) is 6.92 Å². The van der Waals surface area contributed by atoms with E-state index in [1.807, 2.05) is 43.3 Å². The molecule has 1 aliphatic carbocycles. The van der Waals surface area contributed by atoms with E-state index in [0.29, 0.717) is 18.0 Å². The van der Waals surface area contributed by atoms with Crippen molar-refractivity contribution in [1.29, 1.82) is 0 Å². The number of halogens is 1. The Kier molecular flexibility index (Phi) is 8.98. The van der Waals surface area contributed by atoms with Crippen molar-refractivity contribution in [3.8, 4) is 11.5 Å². The average Bonchev–Trinajstić information content (AvgIpc) is 2.78. The van der Waals surface area contributed by atoms with Crippen LogP contribution in [0.1, 0.15) is 43.2 Å². The summed E-state index contributed by atoms with van der Waals surface area (Å²) >= 11 is 3.62. The normalized spacial score (nSPS) is 13.5. The fourth-order valence-electron chi connectivity index (χ4n) is 3.63. The molecule has 0 saturated heterocycles. The molecule has 2 aromatic rings.